The van der Waals surface area contributed by atoms with Gasteiger partial charge in [-0.05, 0) is 43.3 Å². The molecule has 2 aromatic carbocycles. The van der Waals surface area contributed by atoms with Crippen LogP contribution in [-0.4, -0.2) is 24.2 Å². The predicted octanol–water partition coefficient (Wildman–Crippen LogP) is 3.25. The average molecular weight is 316 g/mol. The van der Waals surface area contributed by atoms with E-state index in [1.807, 2.05) is 22.8 Å². The molecule has 22 heavy (non-hydrogen) atoms. The summed E-state index contributed by atoms with van der Waals surface area (Å²) in [6, 6.07) is 12.1. The fourth-order valence-electron chi connectivity index (χ4n) is 2.24. The second-order valence-corrected chi connectivity index (χ2v) is 7.04. The number of imidazole rings is 1. The molecule has 3 rings (SSSR count). The number of ether oxygens (including phenoxy) is 1. The van der Waals surface area contributed by atoms with E-state index >= 15 is 0 Å². The van der Waals surface area contributed by atoms with Crippen LogP contribution >= 0.6 is 0 Å². The summed E-state index contributed by atoms with van der Waals surface area (Å²) in [5, 5.41) is 0. The first-order valence-electron chi connectivity index (χ1n) is 6.90. The van der Waals surface area contributed by atoms with Crippen molar-refractivity contribution in [3.8, 4) is 11.5 Å². The lowest BCUT2D eigenvalue weighted by Crippen LogP contribution is -1.96. The Hall–Kier alpha value is -2.34. The zero-order valence-electron chi connectivity index (χ0n) is 12.4. The summed E-state index contributed by atoms with van der Waals surface area (Å²) >= 11 is 0. The van der Waals surface area contributed by atoms with Gasteiger partial charge in [-0.25, -0.2) is 13.4 Å². The van der Waals surface area contributed by atoms with E-state index in [-0.39, 0.29) is 4.90 Å². The molecule has 0 aliphatic carbocycles. The Balaban J connectivity index is 1.89. The summed E-state index contributed by atoms with van der Waals surface area (Å²) in [5.74, 6) is 1.28. The van der Waals surface area contributed by atoms with Gasteiger partial charge in [0.1, 0.15) is 11.5 Å². The van der Waals surface area contributed by atoms with Gasteiger partial charge in [-0.2, -0.15) is 0 Å². The molecule has 0 radical (unpaired) electrons. The van der Waals surface area contributed by atoms with E-state index < -0.39 is 9.84 Å². The van der Waals surface area contributed by atoms with Crippen molar-refractivity contribution in [2.75, 3.05) is 6.26 Å². The topological polar surface area (TPSA) is 61.2 Å². The Labute approximate surface area is 129 Å². The maximum atomic E-state index is 11.4. The molecule has 0 saturated carbocycles. The molecular formula is C16H16N2O3S. The van der Waals surface area contributed by atoms with Gasteiger partial charge < -0.3 is 9.30 Å². The number of hydrogen-bond acceptors (Lipinski definition) is 4. The summed E-state index contributed by atoms with van der Waals surface area (Å²) in [4.78, 5) is 4.59. The third-order valence-corrected chi connectivity index (χ3v) is 4.55. The SMILES string of the molecule is CCn1cnc2ccc(Oc3ccc(S(C)(=O)=O)cc3)cc21. The number of aryl methyl sites for hydroxylation is 1. The Morgan fingerprint density at radius 2 is 1.77 bits per heavy atom. The molecule has 5 nitrogen and oxygen atoms in total. The first kappa shape index (κ1) is 14.6. The number of hydrogen-bond donors (Lipinski definition) is 0. The molecular weight excluding hydrogens is 300 g/mol. The van der Waals surface area contributed by atoms with Crippen LogP contribution in [0, 0.1) is 0 Å². The van der Waals surface area contributed by atoms with Crippen LogP contribution in [0.4, 0.5) is 0 Å². The van der Waals surface area contributed by atoms with Crippen LogP contribution in [-0.2, 0) is 16.4 Å². The first-order valence-corrected chi connectivity index (χ1v) is 8.79. The third-order valence-electron chi connectivity index (χ3n) is 3.42. The quantitative estimate of drug-likeness (QED) is 0.741. The lowest BCUT2D eigenvalue weighted by Gasteiger charge is -2.07. The van der Waals surface area contributed by atoms with Gasteiger partial charge in [0.05, 0.1) is 22.3 Å². The molecule has 6 heteroatoms. The number of benzene rings is 2. The van der Waals surface area contributed by atoms with Gasteiger partial charge in [-0.3, -0.25) is 0 Å². The molecule has 114 valence electrons. The Morgan fingerprint density at radius 1 is 1.09 bits per heavy atom. The molecule has 0 aliphatic rings. The summed E-state index contributed by atoms with van der Waals surface area (Å²) in [6.07, 6.45) is 2.98. The molecule has 1 heterocycles. The van der Waals surface area contributed by atoms with Crippen molar-refractivity contribution in [3.63, 3.8) is 0 Å². The first-order chi connectivity index (χ1) is 10.5. The van der Waals surface area contributed by atoms with Crippen LogP contribution in [0.2, 0.25) is 0 Å². The molecule has 0 atom stereocenters. The number of rotatable bonds is 4. The molecule has 3 aromatic rings. The number of fused-ring (bicyclic) bond motifs is 1. The van der Waals surface area contributed by atoms with Crippen LogP contribution in [0.3, 0.4) is 0 Å². The highest BCUT2D eigenvalue weighted by Crippen LogP contribution is 2.26. The van der Waals surface area contributed by atoms with Gasteiger partial charge in [0.15, 0.2) is 9.84 Å². The molecule has 0 fully saturated rings. The Bertz CT molecular complexity index is 912. The van der Waals surface area contributed by atoms with E-state index in [2.05, 4.69) is 11.9 Å². The Morgan fingerprint density at radius 3 is 2.41 bits per heavy atom. The number of sulfone groups is 1. The van der Waals surface area contributed by atoms with E-state index in [0.29, 0.717) is 11.5 Å². The standard InChI is InChI=1S/C16H16N2O3S/c1-3-18-11-17-15-9-6-13(10-16(15)18)21-12-4-7-14(8-5-12)22(2,19)20/h4-11H,3H2,1-2H3. The molecule has 0 saturated heterocycles. The van der Waals surface area contributed by atoms with Gasteiger partial charge in [0.2, 0.25) is 0 Å². The molecule has 0 amide bonds. The van der Waals surface area contributed by atoms with E-state index in [1.165, 1.54) is 6.26 Å². The van der Waals surface area contributed by atoms with E-state index in [9.17, 15) is 8.42 Å². The van der Waals surface area contributed by atoms with Gasteiger partial charge in [-0.1, -0.05) is 0 Å². The van der Waals surface area contributed by atoms with Crippen molar-refractivity contribution < 1.29 is 13.2 Å². The van der Waals surface area contributed by atoms with Crippen LogP contribution in [0.15, 0.2) is 53.7 Å². The van der Waals surface area contributed by atoms with Gasteiger partial charge in [-0.15, -0.1) is 0 Å². The molecule has 1 aromatic heterocycles. The van der Waals surface area contributed by atoms with E-state index in [4.69, 9.17) is 4.74 Å². The number of aromatic nitrogens is 2. The monoisotopic (exact) mass is 316 g/mol. The molecule has 0 N–H and O–H groups in total. The van der Waals surface area contributed by atoms with E-state index in [0.717, 1.165) is 17.6 Å². The molecule has 0 spiro atoms. The van der Waals surface area contributed by atoms with Crippen molar-refractivity contribution >= 4 is 20.9 Å². The van der Waals surface area contributed by atoms with E-state index in [1.54, 1.807) is 30.6 Å². The van der Waals surface area contributed by atoms with Crippen molar-refractivity contribution in [3.05, 3.63) is 48.8 Å². The molecule has 0 aliphatic heterocycles. The predicted molar refractivity (Wildman–Crippen MR) is 85.0 cm³/mol. The van der Waals surface area contributed by atoms with Crippen molar-refractivity contribution in [2.24, 2.45) is 0 Å². The lowest BCUT2D eigenvalue weighted by molar-refractivity contribution is 0.482. The minimum atomic E-state index is -3.19. The molecule has 0 unspecified atom stereocenters. The maximum absolute atomic E-state index is 11.4. The Kier molecular flexibility index (Phi) is 3.62. The second-order valence-electron chi connectivity index (χ2n) is 5.03. The number of nitrogens with zero attached hydrogens (tertiary/aromatic N) is 2. The van der Waals surface area contributed by atoms with Crippen molar-refractivity contribution in [1.82, 2.24) is 9.55 Å². The normalized spacial score (nSPS) is 11.7. The zero-order valence-corrected chi connectivity index (χ0v) is 13.2. The fourth-order valence-corrected chi connectivity index (χ4v) is 2.87. The van der Waals surface area contributed by atoms with Crippen LogP contribution in [0.25, 0.3) is 11.0 Å². The van der Waals surface area contributed by atoms with Gasteiger partial charge >= 0.3 is 0 Å². The highest BCUT2D eigenvalue weighted by molar-refractivity contribution is 7.90. The van der Waals surface area contributed by atoms with Gasteiger partial charge in [0, 0.05) is 18.9 Å². The summed E-state index contributed by atoms with van der Waals surface area (Å²) in [6.45, 7) is 2.89. The van der Waals surface area contributed by atoms with Crippen LogP contribution in [0.1, 0.15) is 6.92 Å². The minimum absolute atomic E-state index is 0.277. The van der Waals surface area contributed by atoms with Crippen LogP contribution in [0.5, 0.6) is 11.5 Å². The average Bonchev–Trinajstić information content (AvgIpc) is 2.89. The second kappa shape index (κ2) is 5.46. The maximum Gasteiger partial charge on any atom is 0.175 e. The lowest BCUT2D eigenvalue weighted by atomic mass is 10.3. The minimum Gasteiger partial charge on any atom is -0.457 e. The fraction of sp³-hybridized carbons (Fsp3) is 0.188. The summed E-state index contributed by atoms with van der Waals surface area (Å²) in [5.41, 5.74) is 1.93. The zero-order chi connectivity index (χ0) is 15.7. The van der Waals surface area contributed by atoms with Crippen molar-refractivity contribution in [2.45, 2.75) is 18.4 Å². The highest BCUT2D eigenvalue weighted by Gasteiger charge is 2.08. The summed E-state index contributed by atoms with van der Waals surface area (Å²) in [7, 11) is -3.19. The van der Waals surface area contributed by atoms with Gasteiger partial charge in [0.25, 0.3) is 0 Å². The molecule has 0 bridgehead atoms. The van der Waals surface area contributed by atoms with Crippen LogP contribution < -0.4 is 4.74 Å². The third kappa shape index (κ3) is 2.82. The largest absolute Gasteiger partial charge is 0.457 e. The van der Waals surface area contributed by atoms with Crippen molar-refractivity contribution in [1.29, 1.82) is 0 Å². The summed E-state index contributed by atoms with van der Waals surface area (Å²) < 4.78 is 30.7. The smallest absolute Gasteiger partial charge is 0.175 e. The highest BCUT2D eigenvalue weighted by atomic mass is 32.2.